The average molecular weight is 300 g/mol. The molecule has 0 aliphatic heterocycles. The molecule has 0 aromatic carbocycles. The average Bonchev–Trinajstić information content (AvgIpc) is 2.42. The summed E-state index contributed by atoms with van der Waals surface area (Å²) >= 11 is 0. The lowest BCUT2D eigenvalue weighted by Crippen LogP contribution is -2.54. The van der Waals surface area contributed by atoms with Crippen molar-refractivity contribution in [2.75, 3.05) is 26.2 Å². The van der Waals surface area contributed by atoms with Crippen molar-refractivity contribution < 1.29 is 19.5 Å². The Labute approximate surface area is 130 Å². The number of rotatable bonds is 13. The second-order valence-electron chi connectivity index (χ2n) is 5.99. The summed E-state index contributed by atoms with van der Waals surface area (Å²) in [6, 6.07) is 0. The van der Waals surface area contributed by atoms with E-state index >= 15 is 0 Å². The van der Waals surface area contributed by atoms with Crippen LogP contribution in [0.5, 0.6) is 0 Å². The molecule has 0 rings (SSSR count). The maximum atomic E-state index is 10.9. The molecule has 0 fully saturated rings. The van der Waals surface area contributed by atoms with Crippen molar-refractivity contribution >= 4 is 5.97 Å². The lowest BCUT2D eigenvalue weighted by Gasteiger charge is -2.39. The molecule has 124 valence electrons. The molecule has 4 nitrogen and oxygen atoms in total. The van der Waals surface area contributed by atoms with Crippen molar-refractivity contribution in [3.05, 3.63) is 12.2 Å². The molecule has 1 unspecified atom stereocenters. The lowest BCUT2D eigenvalue weighted by atomic mass is 10.1. The van der Waals surface area contributed by atoms with Gasteiger partial charge in [-0.25, -0.2) is 0 Å². The minimum absolute atomic E-state index is 0.179. The minimum atomic E-state index is -0.748. The Morgan fingerprint density at radius 1 is 1.05 bits per heavy atom. The van der Waals surface area contributed by atoms with Gasteiger partial charge in [-0.05, 0) is 25.7 Å². The van der Waals surface area contributed by atoms with E-state index in [0.29, 0.717) is 19.5 Å². The molecule has 0 saturated carbocycles. The number of carboxylic acid groups (broad SMARTS) is 1. The van der Waals surface area contributed by atoms with Crippen molar-refractivity contribution in [3.8, 4) is 0 Å². The molecular weight excluding hydrogens is 266 g/mol. The highest BCUT2D eigenvalue weighted by Gasteiger charge is 2.29. The molecular formula is C17H34NO3+. The first-order valence-electron chi connectivity index (χ1n) is 8.39. The summed E-state index contributed by atoms with van der Waals surface area (Å²) in [7, 11) is 0. The molecule has 0 aromatic rings. The molecule has 21 heavy (non-hydrogen) atoms. The van der Waals surface area contributed by atoms with Gasteiger partial charge in [0.25, 0.3) is 0 Å². The first-order valence-corrected chi connectivity index (χ1v) is 8.39. The van der Waals surface area contributed by atoms with E-state index in [1.807, 2.05) is 0 Å². The number of unbranched alkanes of at least 4 members (excludes halogenated alkanes) is 1. The van der Waals surface area contributed by atoms with E-state index in [1.165, 1.54) is 0 Å². The van der Waals surface area contributed by atoms with Crippen LogP contribution in [-0.4, -0.2) is 52.9 Å². The van der Waals surface area contributed by atoms with E-state index in [4.69, 9.17) is 5.11 Å². The Morgan fingerprint density at radius 3 is 2.14 bits per heavy atom. The number of allylic oxidation sites excluding steroid dienone is 1. The molecule has 0 aromatic heterocycles. The summed E-state index contributed by atoms with van der Waals surface area (Å²) in [5.74, 6) is -0.748. The molecule has 4 heteroatoms. The number of aliphatic hydroxyl groups excluding tert-OH is 1. The molecule has 0 bridgehead atoms. The van der Waals surface area contributed by atoms with Gasteiger partial charge in [0, 0.05) is 0 Å². The highest BCUT2D eigenvalue weighted by molar-refractivity contribution is 5.66. The first-order chi connectivity index (χ1) is 9.99. The number of hydrogen-bond donors (Lipinski definition) is 2. The van der Waals surface area contributed by atoms with E-state index in [2.05, 4.69) is 32.9 Å². The Morgan fingerprint density at radius 2 is 1.67 bits per heavy atom. The Kier molecular flexibility index (Phi) is 11.3. The molecule has 0 saturated heterocycles. The first kappa shape index (κ1) is 20.1. The topological polar surface area (TPSA) is 57.5 Å². The molecule has 0 spiro atoms. The third kappa shape index (κ3) is 9.64. The molecule has 0 radical (unpaired) electrons. The van der Waals surface area contributed by atoms with Crippen molar-refractivity contribution in [3.63, 3.8) is 0 Å². The van der Waals surface area contributed by atoms with Gasteiger partial charge in [-0.15, -0.1) is 0 Å². The predicted molar refractivity (Wildman–Crippen MR) is 87.2 cm³/mol. The van der Waals surface area contributed by atoms with Crippen LogP contribution in [0.3, 0.4) is 0 Å². The highest BCUT2D eigenvalue weighted by Crippen LogP contribution is 2.15. The van der Waals surface area contributed by atoms with Crippen LogP contribution < -0.4 is 0 Å². The normalized spacial score (nSPS) is 13.7. The summed E-state index contributed by atoms with van der Waals surface area (Å²) in [6.07, 6.45) is 8.83. The smallest absolute Gasteiger partial charge is 0.309 e. The van der Waals surface area contributed by atoms with E-state index < -0.39 is 5.97 Å². The van der Waals surface area contributed by atoms with Crippen LogP contribution in [0.15, 0.2) is 12.2 Å². The Hall–Kier alpha value is -0.870. The van der Waals surface area contributed by atoms with Crippen LogP contribution >= 0.6 is 0 Å². The maximum absolute atomic E-state index is 10.9. The van der Waals surface area contributed by atoms with Gasteiger partial charge in [0.15, 0.2) is 0 Å². The second kappa shape index (κ2) is 11.8. The van der Waals surface area contributed by atoms with Gasteiger partial charge in [-0.2, -0.15) is 0 Å². The fourth-order valence-corrected chi connectivity index (χ4v) is 2.95. The standard InChI is InChI=1S/C17H33NO3/c1-4-7-8-9-10-16(19)15-18(12-5-2,13-6-3)14-11-17(20)21/h8-9,16,19H,4-7,10-15H2,1-3H3/p+1/b9-8+. The zero-order valence-electron chi connectivity index (χ0n) is 14.1. The Balaban J connectivity index is 4.64. The van der Waals surface area contributed by atoms with Gasteiger partial charge >= 0.3 is 5.97 Å². The zero-order chi connectivity index (χ0) is 16.1. The predicted octanol–water partition coefficient (Wildman–Crippen LogP) is 3.21. The summed E-state index contributed by atoms with van der Waals surface area (Å²) in [5, 5.41) is 19.3. The van der Waals surface area contributed by atoms with Crippen molar-refractivity contribution in [1.82, 2.24) is 0 Å². The van der Waals surface area contributed by atoms with Crippen molar-refractivity contribution in [2.45, 2.75) is 65.4 Å². The van der Waals surface area contributed by atoms with E-state index in [1.54, 1.807) is 0 Å². The van der Waals surface area contributed by atoms with E-state index in [9.17, 15) is 9.90 Å². The monoisotopic (exact) mass is 300 g/mol. The number of aliphatic carboxylic acids is 1. The Bertz CT molecular complexity index is 296. The summed E-state index contributed by atoms with van der Waals surface area (Å²) in [6.45, 7) is 9.54. The van der Waals surface area contributed by atoms with Gasteiger partial charge in [0.2, 0.25) is 0 Å². The number of carboxylic acids is 1. The van der Waals surface area contributed by atoms with Gasteiger partial charge < -0.3 is 14.7 Å². The maximum Gasteiger partial charge on any atom is 0.309 e. The zero-order valence-corrected chi connectivity index (χ0v) is 14.1. The van der Waals surface area contributed by atoms with Crippen molar-refractivity contribution in [1.29, 1.82) is 0 Å². The minimum Gasteiger partial charge on any atom is -0.481 e. The third-order valence-corrected chi connectivity index (χ3v) is 3.82. The molecule has 0 aliphatic carbocycles. The molecule has 0 heterocycles. The fraction of sp³-hybridized carbons (Fsp3) is 0.824. The van der Waals surface area contributed by atoms with Crippen LogP contribution in [0, 0.1) is 0 Å². The van der Waals surface area contributed by atoms with Crippen LogP contribution in [0.2, 0.25) is 0 Å². The SMILES string of the molecule is CCC/C=C/CC(O)C[N+](CCC)(CCC)CCC(=O)O. The number of hydrogen-bond acceptors (Lipinski definition) is 2. The lowest BCUT2D eigenvalue weighted by molar-refractivity contribution is -0.930. The number of carbonyl (C=O) groups is 1. The van der Waals surface area contributed by atoms with Gasteiger partial charge in [-0.3, -0.25) is 4.79 Å². The fourth-order valence-electron chi connectivity index (χ4n) is 2.95. The quantitative estimate of drug-likeness (QED) is 0.405. The van der Waals surface area contributed by atoms with Crippen LogP contribution in [0.25, 0.3) is 0 Å². The van der Waals surface area contributed by atoms with Gasteiger partial charge in [0.05, 0.1) is 26.1 Å². The number of quaternary nitrogens is 1. The van der Waals surface area contributed by atoms with Crippen LogP contribution in [-0.2, 0) is 4.79 Å². The van der Waals surface area contributed by atoms with Crippen molar-refractivity contribution in [2.24, 2.45) is 0 Å². The second-order valence-corrected chi connectivity index (χ2v) is 5.99. The van der Waals surface area contributed by atoms with Gasteiger partial charge in [0.1, 0.15) is 12.6 Å². The molecule has 0 amide bonds. The summed E-state index contributed by atoms with van der Waals surface area (Å²) in [4.78, 5) is 10.9. The van der Waals surface area contributed by atoms with Crippen LogP contribution in [0.1, 0.15) is 59.3 Å². The number of nitrogens with zero attached hydrogens (tertiary/aromatic N) is 1. The number of aliphatic hydroxyl groups is 1. The third-order valence-electron chi connectivity index (χ3n) is 3.82. The molecule has 0 aliphatic rings. The largest absolute Gasteiger partial charge is 0.481 e. The van der Waals surface area contributed by atoms with Crippen LogP contribution in [0.4, 0.5) is 0 Å². The summed E-state index contributed by atoms with van der Waals surface area (Å²) < 4.78 is 0.724. The molecule has 2 N–H and O–H groups in total. The van der Waals surface area contributed by atoms with E-state index in [0.717, 1.165) is 43.3 Å². The summed E-state index contributed by atoms with van der Waals surface area (Å²) in [5.41, 5.74) is 0. The molecule has 1 atom stereocenters. The highest BCUT2D eigenvalue weighted by atomic mass is 16.4. The van der Waals surface area contributed by atoms with Gasteiger partial charge in [-0.1, -0.05) is 39.3 Å². The van der Waals surface area contributed by atoms with E-state index in [-0.39, 0.29) is 12.5 Å².